The summed E-state index contributed by atoms with van der Waals surface area (Å²) in [5, 5.41) is 11.3. The van der Waals surface area contributed by atoms with Gasteiger partial charge in [-0.2, -0.15) is 0 Å². The summed E-state index contributed by atoms with van der Waals surface area (Å²) in [5.74, 6) is -3.98. The Bertz CT molecular complexity index is 1170. The molecule has 0 radical (unpaired) electrons. The lowest BCUT2D eigenvalue weighted by Crippen LogP contribution is -2.46. The zero-order chi connectivity index (χ0) is 27.5. The molecule has 2 unspecified atom stereocenters. The van der Waals surface area contributed by atoms with Gasteiger partial charge < -0.3 is 24.6 Å². The molecule has 3 rings (SSSR count). The number of nitrogens with one attached hydrogen (secondary N) is 1. The Kier molecular flexibility index (Phi) is 9.92. The van der Waals surface area contributed by atoms with Crippen LogP contribution in [0.15, 0.2) is 60.7 Å². The van der Waals surface area contributed by atoms with Gasteiger partial charge in [0.2, 0.25) is 5.91 Å². The minimum absolute atomic E-state index is 0.0328. The van der Waals surface area contributed by atoms with E-state index in [1.165, 1.54) is 0 Å². The Labute approximate surface area is 217 Å². The maximum absolute atomic E-state index is 12.6. The highest BCUT2D eigenvalue weighted by Gasteiger charge is 2.42. The lowest BCUT2D eigenvalue weighted by atomic mass is 10.1. The number of esters is 1. The van der Waals surface area contributed by atoms with Crippen LogP contribution < -0.4 is 5.32 Å². The van der Waals surface area contributed by atoms with E-state index in [0.717, 1.165) is 0 Å². The summed E-state index contributed by atoms with van der Waals surface area (Å²) >= 11 is 0. The van der Waals surface area contributed by atoms with E-state index in [-0.39, 0.29) is 26.1 Å². The summed E-state index contributed by atoms with van der Waals surface area (Å²) in [4.78, 5) is 73.8. The molecule has 0 aliphatic carbocycles. The lowest BCUT2D eigenvalue weighted by molar-refractivity contribution is -0.154. The molecule has 0 spiro atoms. The van der Waals surface area contributed by atoms with E-state index < -0.39 is 60.9 Å². The summed E-state index contributed by atoms with van der Waals surface area (Å²) in [5.41, 5.74) is 1.35. The number of ketones is 1. The lowest BCUT2D eigenvalue weighted by Gasteiger charge is -2.21. The Hall–Kier alpha value is -4.74. The molecule has 38 heavy (non-hydrogen) atoms. The largest absolute Gasteiger partial charge is 0.481 e. The standard InChI is InChI=1S/C26H26N2O10/c29-21(19(13-23(31)32)27-25(34)37-14-17-7-3-1-4-8-17)16-36-24(33)20-11-12-22(30)28(20)26(35)38-15-18-9-5-2-6-10-18/h1-10,19-20H,11-16H2,(H,27,34)(H,31,32). The predicted molar refractivity (Wildman–Crippen MR) is 128 cm³/mol. The normalized spacial score (nSPS) is 15.3. The molecule has 0 aromatic heterocycles. The number of hydrogen-bond donors (Lipinski definition) is 2. The molecule has 2 aromatic rings. The molecule has 1 aliphatic rings. The highest BCUT2D eigenvalue weighted by Crippen LogP contribution is 2.21. The van der Waals surface area contributed by atoms with E-state index in [9.17, 15) is 28.8 Å². The van der Waals surface area contributed by atoms with Crippen molar-refractivity contribution in [2.75, 3.05) is 6.61 Å². The number of likely N-dealkylation sites (tertiary alicyclic amines) is 1. The molecule has 2 N–H and O–H groups in total. The third-order valence-electron chi connectivity index (χ3n) is 5.51. The van der Waals surface area contributed by atoms with Crippen molar-refractivity contribution in [3.05, 3.63) is 71.8 Å². The number of imide groups is 1. The van der Waals surface area contributed by atoms with Crippen LogP contribution in [-0.2, 0) is 46.6 Å². The molecule has 0 saturated carbocycles. The van der Waals surface area contributed by atoms with Crippen LogP contribution in [0.25, 0.3) is 0 Å². The summed E-state index contributed by atoms with van der Waals surface area (Å²) in [6, 6.07) is 14.5. The highest BCUT2D eigenvalue weighted by molar-refractivity contribution is 6.00. The van der Waals surface area contributed by atoms with Crippen molar-refractivity contribution in [2.24, 2.45) is 0 Å². The van der Waals surface area contributed by atoms with Crippen molar-refractivity contribution in [3.63, 3.8) is 0 Å². The Morgan fingerprint density at radius 3 is 2.05 bits per heavy atom. The second-order valence-corrected chi connectivity index (χ2v) is 8.29. The number of aliphatic carboxylic acids is 1. The van der Waals surface area contributed by atoms with E-state index in [2.05, 4.69) is 5.32 Å². The van der Waals surface area contributed by atoms with Gasteiger partial charge in [-0.1, -0.05) is 60.7 Å². The van der Waals surface area contributed by atoms with Gasteiger partial charge in [-0.05, 0) is 17.5 Å². The van der Waals surface area contributed by atoms with Crippen LogP contribution in [0, 0.1) is 0 Å². The molecule has 1 fully saturated rings. The summed E-state index contributed by atoms with van der Waals surface area (Å²) in [6.07, 6.45) is -2.99. The number of amides is 3. The van der Waals surface area contributed by atoms with Crippen LogP contribution >= 0.6 is 0 Å². The zero-order valence-electron chi connectivity index (χ0n) is 20.2. The fourth-order valence-electron chi connectivity index (χ4n) is 3.59. The van der Waals surface area contributed by atoms with Crippen LogP contribution in [0.5, 0.6) is 0 Å². The molecule has 1 aliphatic heterocycles. The SMILES string of the molecule is O=C(O)CC(NC(=O)OCc1ccccc1)C(=O)COC(=O)C1CCC(=O)N1C(=O)OCc1ccccc1. The summed E-state index contributed by atoms with van der Waals surface area (Å²) < 4.78 is 15.1. The predicted octanol–water partition coefficient (Wildman–Crippen LogP) is 2.20. The van der Waals surface area contributed by atoms with Crippen LogP contribution in [-0.4, -0.2) is 64.5 Å². The van der Waals surface area contributed by atoms with Gasteiger partial charge in [0.15, 0.2) is 12.4 Å². The van der Waals surface area contributed by atoms with E-state index in [1.54, 1.807) is 60.7 Å². The molecule has 12 nitrogen and oxygen atoms in total. The monoisotopic (exact) mass is 526 g/mol. The van der Waals surface area contributed by atoms with E-state index in [0.29, 0.717) is 16.0 Å². The van der Waals surface area contributed by atoms with Gasteiger partial charge in [0.1, 0.15) is 25.3 Å². The van der Waals surface area contributed by atoms with Crippen molar-refractivity contribution >= 4 is 35.8 Å². The molecule has 2 aromatic carbocycles. The van der Waals surface area contributed by atoms with Crippen LogP contribution in [0.1, 0.15) is 30.4 Å². The topological polar surface area (TPSA) is 166 Å². The fraction of sp³-hybridized carbons (Fsp3) is 0.308. The number of nitrogens with zero attached hydrogens (tertiary/aromatic N) is 1. The van der Waals surface area contributed by atoms with Gasteiger partial charge in [0.05, 0.1) is 6.42 Å². The molecule has 12 heteroatoms. The van der Waals surface area contributed by atoms with Crippen molar-refractivity contribution in [1.29, 1.82) is 0 Å². The maximum atomic E-state index is 12.6. The number of carboxylic acid groups (broad SMARTS) is 1. The molecule has 2 atom stereocenters. The number of alkyl carbamates (subject to hydrolysis) is 1. The molecule has 1 heterocycles. The Morgan fingerprint density at radius 2 is 1.47 bits per heavy atom. The Balaban J connectivity index is 1.53. The van der Waals surface area contributed by atoms with Crippen molar-refractivity contribution in [3.8, 4) is 0 Å². The van der Waals surface area contributed by atoms with Crippen LogP contribution in [0.4, 0.5) is 9.59 Å². The summed E-state index contributed by atoms with van der Waals surface area (Å²) in [6.45, 7) is -1.12. The third kappa shape index (κ3) is 8.15. The number of rotatable bonds is 11. The highest BCUT2D eigenvalue weighted by atomic mass is 16.6. The van der Waals surface area contributed by atoms with E-state index in [1.807, 2.05) is 0 Å². The minimum Gasteiger partial charge on any atom is -0.481 e. The van der Waals surface area contributed by atoms with Crippen molar-refractivity contribution in [1.82, 2.24) is 10.2 Å². The van der Waals surface area contributed by atoms with Gasteiger partial charge in [0, 0.05) is 6.42 Å². The second kappa shape index (κ2) is 13.5. The molecule has 0 bridgehead atoms. The number of hydrogen-bond acceptors (Lipinski definition) is 9. The van der Waals surface area contributed by atoms with Gasteiger partial charge in [0.25, 0.3) is 0 Å². The summed E-state index contributed by atoms with van der Waals surface area (Å²) in [7, 11) is 0. The molecule has 1 saturated heterocycles. The zero-order valence-corrected chi connectivity index (χ0v) is 20.2. The first-order valence-electron chi connectivity index (χ1n) is 11.7. The third-order valence-corrected chi connectivity index (χ3v) is 5.51. The molecule has 3 amide bonds. The smallest absolute Gasteiger partial charge is 0.417 e. The van der Waals surface area contributed by atoms with E-state index in [4.69, 9.17) is 19.3 Å². The fourth-order valence-corrected chi connectivity index (χ4v) is 3.59. The quantitative estimate of drug-likeness (QED) is 0.327. The molecular formula is C26H26N2O10. The average molecular weight is 526 g/mol. The maximum Gasteiger partial charge on any atom is 0.417 e. The first-order chi connectivity index (χ1) is 18.2. The molecule has 200 valence electrons. The average Bonchev–Trinajstić information content (AvgIpc) is 3.31. The van der Waals surface area contributed by atoms with Crippen LogP contribution in [0.3, 0.4) is 0 Å². The van der Waals surface area contributed by atoms with Gasteiger partial charge >= 0.3 is 24.1 Å². The van der Waals surface area contributed by atoms with Crippen LogP contribution in [0.2, 0.25) is 0 Å². The number of ether oxygens (including phenoxy) is 3. The van der Waals surface area contributed by atoms with Crippen molar-refractivity contribution < 1.29 is 48.1 Å². The van der Waals surface area contributed by atoms with Crippen molar-refractivity contribution in [2.45, 2.75) is 44.6 Å². The number of carbonyl (C=O) groups is 6. The van der Waals surface area contributed by atoms with Gasteiger partial charge in [-0.15, -0.1) is 0 Å². The van der Waals surface area contributed by atoms with Gasteiger partial charge in [-0.25, -0.2) is 19.3 Å². The second-order valence-electron chi connectivity index (χ2n) is 8.29. The number of carbonyl (C=O) groups excluding carboxylic acids is 5. The first kappa shape index (κ1) is 27.8. The number of benzene rings is 2. The minimum atomic E-state index is -1.54. The first-order valence-corrected chi connectivity index (χ1v) is 11.7. The number of carboxylic acids is 1. The number of Topliss-reactive ketones (excluding diaryl/α,β-unsaturated/α-hetero) is 1. The van der Waals surface area contributed by atoms with E-state index >= 15 is 0 Å². The molecular weight excluding hydrogens is 500 g/mol. The Morgan fingerprint density at radius 1 is 0.895 bits per heavy atom. The van der Waals surface area contributed by atoms with Gasteiger partial charge in [-0.3, -0.25) is 14.4 Å².